The van der Waals surface area contributed by atoms with Gasteiger partial charge in [0.1, 0.15) is 12.6 Å². The molecule has 0 heterocycles. The largest absolute Gasteiger partial charge is 0.516 e. The minimum Gasteiger partial charge on any atom is -0.429 e. The summed E-state index contributed by atoms with van der Waals surface area (Å²) in [6.07, 6.45) is -1.06. The third-order valence-electron chi connectivity index (χ3n) is 1.88. The van der Waals surface area contributed by atoms with Gasteiger partial charge in [0.25, 0.3) is 0 Å². The van der Waals surface area contributed by atoms with Crippen molar-refractivity contribution in [3.05, 3.63) is 35.9 Å². The van der Waals surface area contributed by atoms with Crippen molar-refractivity contribution in [2.75, 3.05) is 5.75 Å². The van der Waals surface area contributed by atoms with E-state index in [0.29, 0.717) is 0 Å². The highest BCUT2D eigenvalue weighted by atomic mass is 32.1. The lowest BCUT2D eigenvalue weighted by molar-refractivity contribution is -0.140. The average molecular weight is 255 g/mol. The van der Waals surface area contributed by atoms with E-state index in [0.717, 1.165) is 5.56 Å². The smallest absolute Gasteiger partial charge is 0.429 e. The molecule has 0 radical (unpaired) electrons. The number of carbonyl (C=O) groups is 2. The van der Waals surface area contributed by atoms with Crippen LogP contribution in [-0.4, -0.2) is 23.9 Å². The van der Waals surface area contributed by atoms with Crippen molar-refractivity contribution in [2.24, 2.45) is 5.73 Å². The summed E-state index contributed by atoms with van der Waals surface area (Å²) in [6.45, 7) is 0.0447. The van der Waals surface area contributed by atoms with E-state index in [-0.39, 0.29) is 12.4 Å². The quantitative estimate of drug-likeness (QED) is 0.479. The summed E-state index contributed by atoms with van der Waals surface area (Å²) in [5, 5.41) is 0. The number of ether oxygens (including phenoxy) is 2. The van der Waals surface area contributed by atoms with Gasteiger partial charge in [-0.25, -0.2) is 9.59 Å². The first kappa shape index (κ1) is 13.5. The van der Waals surface area contributed by atoms with Crippen molar-refractivity contribution in [3.63, 3.8) is 0 Å². The van der Waals surface area contributed by atoms with Gasteiger partial charge in [-0.15, -0.1) is 0 Å². The Kier molecular flexibility index (Phi) is 5.51. The second-order valence-corrected chi connectivity index (χ2v) is 3.60. The third-order valence-corrected chi connectivity index (χ3v) is 2.28. The van der Waals surface area contributed by atoms with Gasteiger partial charge in [0.2, 0.25) is 0 Å². The fraction of sp³-hybridized carbons (Fsp3) is 0.273. The van der Waals surface area contributed by atoms with Crippen LogP contribution in [0.5, 0.6) is 0 Å². The molecule has 0 saturated carbocycles. The van der Waals surface area contributed by atoms with E-state index < -0.39 is 18.2 Å². The Bertz CT molecular complexity index is 382. The van der Waals surface area contributed by atoms with Crippen LogP contribution in [0, 0.1) is 0 Å². The molecule has 5 nitrogen and oxygen atoms in total. The molecule has 0 aromatic heterocycles. The van der Waals surface area contributed by atoms with Gasteiger partial charge in [0.15, 0.2) is 0 Å². The third kappa shape index (κ3) is 4.88. The molecule has 0 aliphatic rings. The zero-order valence-corrected chi connectivity index (χ0v) is 9.93. The van der Waals surface area contributed by atoms with Gasteiger partial charge >= 0.3 is 12.1 Å². The van der Waals surface area contributed by atoms with Crippen LogP contribution in [0.15, 0.2) is 30.3 Å². The van der Waals surface area contributed by atoms with Crippen molar-refractivity contribution >= 4 is 24.8 Å². The van der Waals surface area contributed by atoms with Gasteiger partial charge in [0.05, 0.1) is 0 Å². The lowest BCUT2D eigenvalue weighted by Gasteiger charge is -2.07. The number of benzene rings is 1. The maximum Gasteiger partial charge on any atom is 0.516 e. The minimum atomic E-state index is -1.06. The molecule has 0 aliphatic heterocycles. The highest BCUT2D eigenvalue weighted by Gasteiger charge is 2.18. The molecule has 0 aliphatic carbocycles. The molecule has 1 rings (SSSR count). The molecular weight excluding hydrogens is 242 g/mol. The average Bonchev–Trinajstić information content (AvgIpc) is 2.36. The van der Waals surface area contributed by atoms with Crippen LogP contribution >= 0.6 is 12.6 Å². The van der Waals surface area contributed by atoms with E-state index in [2.05, 4.69) is 17.4 Å². The molecule has 0 saturated heterocycles. The summed E-state index contributed by atoms with van der Waals surface area (Å²) < 4.78 is 9.08. The van der Waals surface area contributed by atoms with Crippen LogP contribution in [0.3, 0.4) is 0 Å². The summed E-state index contributed by atoms with van der Waals surface area (Å²) in [5.74, 6) is -0.747. The molecule has 1 aromatic carbocycles. The Morgan fingerprint density at radius 1 is 1.29 bits per heavy atom. The first-order chi connectivity index (χ1) is 8.13. The van der Waals surface area contributed by atoms with Gasteiger partial charge in [0, 0.05) is 5.75 Å². The molecule has 17 heavy (non-hydrogen) atoms. The number of carbonyl (C=O) groups excluding carboxylic acids is 2. The monoisotopic (exact) mass is 255 g/mol. The molecule has 0 amide bonds. The van der Waals surface area contributed by atoms with Gasteiger partial charge in [-0.1, -0.05) is 30.3 Å². The number of esters is 1. The number of nitrogens with two attached hydrogens (primary N) is 1. The van der Waals surface area contributed by atoms with Crippen molar-refractivity contribution in [3.8, 4) is 0 Å². The lowest BCUT2D eigenvalue weighted by Crippen LogP contribution is -2.35. The van der Waals surface area contributed by atoms with Crippen LogP contribution in [0.25, 0.3) is 0 Å². The van der Waals surface area contributed by atoms with E-state index in [1.165, 1.54) is 0 Å². The first-order valence-electron chi connectivity index (χ1n) is 4.92. The summed E-state index contributed by atoms with van der Waals surface area (Å²) in [4.78, 5) is 22.2. The van der Waals surface area contributed by atoms with Crippen LogP contribution in [0.2, 0.25) is 0 Å². The maximum absolute atomic E-state index is 11.1. The molecule has 6 heteroatoms. The second-order valence-electron chi connectivity index (χ2n) is 3.23. The molecule has 0 unspecified atom stereocenters. The van der Waals surface area contributed by atoms with Gasteiger partial charge in [-0.05, 0) is 5.56 Å². The van der Waals surface area contributed by atoms with E-state index in [1.807, 2.05) is 18.2 Å². The topological polar surface area (TPSA) is 78.6 Å². The zero-order chi connectivity index (χ0) is 12.7. The van der Waals surface area contributed by atoms with E-state index in [1.54, 1.807) is 12.1 Å². The van der Waals surface area contributed by atoms with Crippen LogP contribution in [-0.2, 0) is 20.9 Å². The van der Waals surface area contributed by atoms with Crippen molar-refractivity contribution < 1.29 is 19.1 Å². The highest BCUT2D eigenvalue weighted by molar-refractivity contribution is 7.80. The summed E-state index contributed by atoms with van der Waals surface area (Å²) in [7, 11) is 0. The summed E-state index contributed by atoms with van der Waals surface area (Å²) in [6, 6.07) is 8.11. The van der Waals surface area contributed by atoms with Gasteiger partial charge < -0.3 is 15.2 Å². The molecule has 0 spiro atoms. The Morgan fingerprint density at radius 2 is 1.94 bits per heavy atom. The summed E-state index contributed by atoms with van der Waals surface area (Å²) >= 11 is 3.81. The van der Waals surface area contributed by atoms with Crippen LogP contribution in [0.4, 0.5) is 4.79 Å². The predicted molar refractivity (Wildman–Crippen MR) is 64.5 cm³/mol. The number of thiol groups is 1. The molecule has 1 aromatic rings. The molecule has 0 fully saturated rings. The second kappa shape index (κ2) is 6.93. The molecule has 2 N–H and O–H groups in total. The number of hydrogen-bond acceptors (Lipinski definition) is 6. The van der Waals surface area contributed by atoms with Crippen molar-refractivity contribution in [2.45, 2.75) is 12.6 Å². The Hall–Kier alpha value is -1.53. The first-order valence-corrected chi connectivity index (χ1v) is 5.55. The standard InChI is InChI=1S/C11H13NO4S/c12-9(7-17)10(13)16-11(14)15-6-8-4-2-1-3-5-8/h1-5,9,17H,6-7,12H2/t9-/m0/s1. The zero-order valence-electron chi connectivity index (χ0n) is 9.04. The lowest BCUT2D eigenvalue weighted by atomic mass is 10.2. The van der Waals surface area contributed by atoms with Gasteiger partial charge in [-0.3, -0.25) is 0 Å². The fourth-order valence-electron chi connectivity index (χ4n) is 0.978. The van der Waals surface area contributed by atoms with E-state index >= 15 is 0 Å². The predicted octanol–water partition coefficient (Wildman–Crippen LogP) is 1.12. The minimum absolute atomic E-state index is 0.0447. The summed E-state index contributed by atoms with van der Waals surface area (Å²) in [5.41, 5.74) is 6.11. The Labute approximate surface area is 104 Å². The van der Waals surface area contributed by atoms with Crippen LogP contribution < -0.4 is 5.73 Å². The highest BCUT2D eigenvalue weighted by Crippen LogP contribution is 2.02. The number of hydrogen-bond donors (Lipinski definition) is 2. The fourth-order valence-corrected chi connectivity index (χ4v) is 1.13. The number of rotatable bonds is 4. The Balaban J connectivity index is 2.33. The molecular formula is C11H13NO4S. The van der Waals surface area contributed by atoms with E-state index in [9.17, 15) is 9.59 Å². The normalized spacial score (nSPS) is 11.6. The van der Waals surface area contributed by atoms with E-state index in [4.69, 9.17) is 10.5 Å². The van der Waals surface area contributed by atoms with Crippen molar-refractivity contribution in [1.82, 2.24) is 0 Å². The van der Waals surface area contributed by atoms with Gasteiger partial charge in [-0.2, -0.15) is 12.6 Å². The van der Waals surface area contributed by atoms with Crippen molar-refractivity contribution in [1.29, 1.82) is 0 Å². The molecule has 1 atom stereocenters. The molecule has 92 valence electrons. The van der Waals surface area contributed by atoms with Crippen LogP contribution in [0.1, 0.15) is 5.56 Å². The molecule has 0 bridgehead atoms. The maximum atomic E-state index is 11.1. The SMILES string of the molecule is N[C@@H](CS)C(=O)OC(=O)OCc1ccccc1. The Morgan fingerprint density at radius 3 is 2.53 bits per heavy atom.